The van der Waals surface area contributed by atoms with Gasteiger partial charge in [-0.15, -0.1) is 0 Å². The molecular formula is C14H19N5O. The van der Waals surface area contributed by atoms with Crippen molar-refractivity contribution < 1.29 is 0 Å². The number of aromatic nitrogens is 4. The lowest BCUT2D eigenvalue weighted by molar-refractivity contribution is 0.427. The highest BCUT2D eigenvalue weighted by Crippen LogP contribution is 2.49. The van der Waals surface area contributed by atoms with Crippen molar-refractivity contribution in [2.45, 2.75) is 32.6 Å². The molecule has 2 aliphatic carbocycles. The van der Waals surface area contributed by atoms with Gasteiger partial charge in [0.15, 0.2) is 5.65 Å². The monoisotopic (exact) mass is 273 g/mol. The Labute approximate surface area is 116 Å². The van der Waals surface area contributed by atoms with E-state index in [1.54, 1.807) is 0 Å². The second-order valence-electron chi connectivity index (χ2n) is 6.13. The summed E-state index contributed by atoms with van der Waals surface area (Å²) < 4.78 is 1.49. The Bertz CT molecular complexity index is 683. The van der Waals surface area contributed by atoms with Crippen molar-refractivity contribution in [1.82, 2.24) is 19.6 Å². The van der Waals surface area contributed by atoms with Gasteiger partial charge in [0.05, 0.1) is 0 Å². The maximum absolute atomic E-state index is 11.6. The number of nitrogens with zero attached hydrogens (tertiary/aromatic N) is 3. The number of aryl methyl sites for hydroxylation is 1. The van der Waals surface area contributed by atoms with Crippen LogP contribution in [0.5, 0.6) is 0 Å². The number of H-pyrrole nitrogens is 1. The van der Waals surface area contributed by atoms with Gasteiger partial charge in [-0.2, -0.15) is 5.10 Å². The molecule has 0 saturated heterocycles. The molecular weight excluding hydrogens is 254 g/mol. The molecule has 0 atom stereocenters. The second kappa shape index (κ2) is 4.33. The van der Waals surface area contributed by atoms with Crippen molar-refractivity contribution in [3.8, 4) is 0 Å². The molecule has 2 aromatic heterocycles. The molecule has 0 bridgehead atoms. The summed E-state index contributed by atoms with van der Waals surface area (Å²) >= 11 is 0. The molecule has 0 spiro atoms. The Hall–Kier alpha value is -1.85. The lowest BCUT2D eigenvalue weighted by Crippen LogP contribution is -2.20. The van der Waals surface area contributed by atoms with E-state index in [0.717, 1.165) is 30.1 Å². The molecule has 0 unspecified atom stereocenters. The van der Waals surface area contributed by atoms with Crippen molar-refractivity contribution in [1.29, 1.82) is 0 Å². The van der Waals surface area contributed by atoms with E-state index in [0.29, 0.717) is 11.5 Å². The van der Waals surface area contributed by atoms with Gasteiger partial charge < -0.3 is 5.32 Å². The van der Waals surface area contributed by atoms with Gasteiger partial charge >= 0.3 is 5.69 Å². The average Bonchev–Trinajstić information content (AvgIpc) is 3.31. The lowest BCUT2D eigenvalue weighted by atomic mass is 9.98. The van der Waals surface area contributed by atoms with Crippen LogP contribution in [-0.2, 0) is 0 Å². The van der Waals surface area contributed by atoms with Gasteiger partial charge in [-0.05, 0) is 50.4 Å². The van der Waals surface area contributed by atoms with Gasteiger partial charge in [-0.25, -0.2) is 19.3 Å². The highest BCUT2D eigenvalue weighted by atomic mass is 16.1. The lowest BCUT2D eigenvalue weighted by Gasteiger charge is -2.16. The molecule has 2 aromatic rings. The fraction of sp³-hybridized carbons (Fsp3) is 0.643. The molecule has 2 N–H and O–H groups in total. The fourth-order valence-electron chi connectivity index (χ4n) is 3.18. The number of hydrogen-bond donors (Lipinski definition) is 2. The second-order valence-corrected chi connectivity index (χ2v) is 6.13. The van der Waals surface area contributed by atoms with Gasteiger partial charge in [-0.3, -0.25) is 0 Å². The van der Waals surface area contributed by atoms with Gasteiger partial charge in [-0.1, -0.05) is 0 Å². The molecule has 0 aromatic carbocycles. The summed E-state index contributed by atoms with van der Waals surface area (Å²) in [5.74, 6) is 4.13. The van der Waals surface area contributed by atoms with E-state index in [1.807, 2.05) is 13.0 Å². The van der Waals surface area contributed by atoms with Gasteiger partial charge in [0.2, 0.25) is 0 Å². The average molecular weight is 273 g/mol. The van der Waals surface area contributed by atoms with Crippen molar-refractivity contribution in [3.63, 3.8) is 0 Å². The van der Waals surface area contributed by atoms with Crippen molar-refractivity contribution in [3.05, 3.63) is 22.4 Å². The summed E-state index contributed by atoms with van der Waals surface area (Å²) in [5, 5.41) is 9.91. The Balaban J connectivity index is 1.54. The van der Waals surface area contributed by atoms with Crippen LogP contribution in [0.3, 0.4) is 0 Å². The minimum absolute atomic E-state index is 0.231. The molecule has 6 heteroatoms. The zero-order valence-corrected chi connectivity index (χ0v) is 11.6. The number of aromatic amines is 1. The first-order valence-corrected chi connectivity index (χ1v) is 7.41. The van der Waals surface area contributed by atoms with Crippen LogP contribution in [0.4, 0.5) is 5.82 Å². The molecule has 2 heterocycles. The number of fused-ring (bicyclic) bond motifs is 1. The predicted molar refractivity (Wildman–Crippen MR) is 75.8 cm³/mol. The van der Waals surface area contributed by atoms with Gasteiger partial charge in [0.25, 0.3) is 0 Å². The van der Waals surface area contributed by atoms with Crippen LogP contribution >= 0.6 is 0 Å². The summed E-state index contributed by atoms with van der Waals surface area (Å²) in [6, 6.07) is 1.84. The molecule has 0 amide bonds. The molecule has 2 aliphatic rings. The zero-order chi connectivity index (χ0) is 13.7. The van der Waals surface area contributed by atoms with Gasteiger partial charge in [0, 0.05) is 12.6 Å². The SMILES string of the molecule is Cc1nc(NCC(C2CC2)C2CC2)cc2n[nH]c(=O)n12. The highest BCUT2D eigenvalue weighted by Gasteiger charge is 2.41. The van der Waals surface area contributed by atoms with E-state index < -0.39 is 0 Å². The number of nitrogens with one attached hydrogen (secondary N) is 2. The molecule has 2 saturated carbocycles. The molecule has 6 nitrogen and oxygen atoms in total. The van der Waals surface area contributed by atoms with Crippen LogP contribution in [0.1, 0.15) is 31.5 Å². The first-order chi connectivity index (χ1) is 9.72. The van der Waals surface area contributed by atoms with Gasteiger partial charge in [0.1, 0.15) is 11.6 Å². The third-order valence-electron chi connectivity index (χ3n) is 4.54. The topological polar surface area (TPSA) is 75.1 Å². The highest BCUT2D eigenvalue weighted by molar-refractivity contribution is 5.49. The van der Waals surface area contributed by atoms with E-state index in [2.05, 4.69) is 20.5 Å². The minimum atomic E-state index is -0.231. The molecule has 106 valence electrons. The summed E-state index contributed by atoms with van der Waals surface area (Å²) in [6.45, 7) is 2.82. The number of rotatable bonds is 5. The zero-order valence-electron chi connectivity index (χ0n) is 11.6. The van der Waals surface area contributed by atoms with Crippen molar-refractivity contribution >= 4 is 11.5 Å². The Morgan fingerprint density at radius 1 is 1.40 bits per heavy atom. The molecule has 20 heavy (non-hydrogen) atoms. The summed E-state index contributed by atoms with van der Waals surface area (Å²) in [4.78, 5) is 16.0. The Morgan fingerprint density at radius 2 is 2.10 bits per heavy atom. The molecule has 2 fully saturated rings. The van der Waals surface area contributed by atoms with E-state index in [4.69, 9.17) is 0 Å². The van der Waals surface area contributed by atoms with E-state index >= 15 is 0 Å². The largest absolute Gasteiger partial charge is 0.370 e. The molecule has 4 rings (SSSR count). The standard InChI is InChI=1S/C14H19N5O/c1-8-16-12(6-13-17-18-14(20)19(8)13)15-7-11(9-2-3-9)10-4-5-10/h6,9-11,15H,2-5,7H2,1H3,(H,18,20). The predicted octanol–water partition coefficient (Wildman–Crippen LogP) is 1.57. The fourth-order valence-corrected chi connectivity index (χ4v) is 3.18. The van der Waals surface area contributed by atoms with Crippen LogP contribution < -0.4 is 11.0 Å². The quantitative estimate of drug-likeness (QED) is 0.867. The minimum Gasteiger partial charge on any atom is -0.370 e. The number of anilines is 1. The van der Waals surface area contributed by atoms with Crippen molar-refractivity contribution in [2.75, 3.05) is 11.9 Å². The third-order valence-corrected chi connectivity index (χ3v) is 4.54. The van der Waals surface area contributed by atoms with Crippen LogP contribution in [-0.4, -0.2) is 26.1 Å². The van der Waals surface area contributed by atoms with Crippen molar-refractivity contribution in [2.24, 2.45) is 17.8 Å². The summed E-state index contributed by atoms with van der Waals surface area (Å²) in [5.41, 5.74) is 0.393. The Morgan fingerprint density at radius 3 is 2.75 bits per heavy atom. The maximum atomic E-state index is 11.6. The first kappa shape index (κ1) is 11.9. The van der Waals surface area contributed by atoms with Crippen LogP contribution in [0.15, 0.2) is 10.9 Å². The summed E-state index contributed by atoms with van der Waals surface area (Å²) in [6.07, 6.45) is 5.57. The third kappa shape index (κ3) is 2.09. The van der Waals surface area contributed by atoms with Crippen LogP contribution in [0.25, 0.3) is 5.65 Å². The summed E-state index contributed by atoms with van der Waals surface area (Å²) in [7, 11) is 0. The normalized spacial score (nSPS) is 18.9. The molecule has 0 radical (unpaired) electrons. The van der Waals surface area contributed by atoms with E-state index in [-0.39, 0.29) is 5.69 Å². The first-order valence-electron chi connectivity index (χ1n) is 7.41. The molecule has 0 aliphatic heterocycles. The number of hydrogen-bond acceptors (Lipinski definition) is 4. The van der Waals surface area contributed by atoms with E-state index in [1.165, 1.54) is 30.1 Å². The smallest absolute Gasteiger partial charge is 0.349 e. The van der Waals surface area contributed by atoms with E-state index in [9.17, 15) is 4.79 Å². The van der Waals surface area contributed by atoms with Crippen LogP contribution in [0.2, 0.25) is 0 Å². The maximum Gasteiger partial charge on any atom is 0.349 e. The Kier molecular flexibility index (Phi) is 2.58. The van der Waals surface area contributed by atoms with Crippen LogP contribution in [0, 0.1) is 24.7 Å².